The Morgan fingerprint density at radius 1 is 1.00 bits per heavy atom. The van der Waals surface area contributed by atoms with Gasteiger partial charge in [0.2, 0.25) is 0 Å². The van der Waals surface area contributed by atoms with Crippen LogP contribution in [0.2, 0.25) is 0 Å². The quantitative estimate of drug-likeness (QED) is 0.945. The molecule has 2 bridgehead atoms. The van der Waals surface area contributed by atoms with Gasteiger partial charge in [-0.05, 0) is 43.5 Å². The maximum Gasteiger partial charge on any atom is 0.147 e. The highest BCUT2D eigenvalue weighted by molar-refractivity contribution is 5.49. The molecule has 0 saturated carbocycles. The van der Waals surface area contributed by atoms with Crippen LogP contribution < -0.4 is 15.0 Å². The first-order valence-electron chi connectivity index (χ1n) is 8.00. The summed E-state index contributed by atoms with van der Waals surface area (Å²) in [6.45, 7) is 4.50. The molecule has 114 valence electrons. The molecule has 1 N–H and O–H groups in total. The molecule has 2 aliphatic rings. The Balaban J connectivity index is 1.52. The average Bonchev–Trinajstić information content (AvgIpc) is 2.56. The summed E-state index contributed by atoms with van der Waals surface area (Å²) in [6.07, 6.45) is 5.09. The van der Waals surface area contributed by atoms with E-state index in [2.05, 4.69) is 21.3 Å². The maximum absolute atomic E-state index is 5.90. The zero-order valence-electron chi connectivity index (χ0n) is 12.6. The molecule has 4 nitrogen and oxygen atoms in total. The van der Waals surface area contributed by atoms with Gasteiger partial charge in [0.1, 0.15) is 11.5 Å². The van der Waals surface area contributed by atoms with E-state index in [0.29, 0.717) is 0 Å². The standard InChI is InChI=1S/C18H21N3O/c1-2-4-17(5-3-1)22-18-7-16(10-20-11-18)21-12-14-6-15(13-21)9-19-8-14/h1-5,7,10-11,14-15,19H,6,8-9,12-13H2. The zero-order chi connectivity index (χ0) is 14.8. The number of aromatic nitrogens is 1. The van der Waals surface area contributed by atoms with Gasteiger partial charge in [-0.2, -0.15) is 0 Å². The second-order valence-corrected chi connectivity index (χ2v) is 6.32. The van der Waals surface area contributed by atoms with E-state index in [0.717, 1.165) is 49.5 Å². The number of nitrogens with zero attached hydrogens (tertiary/aromatic N) is 2. The monoisotopic (exact) mass is 295 g/mol. The molecular weight excluding hydrogens is 274 g/mol. The summed E-state index contributed by atoms with van der Waals surface area (Å²) in [5.74, 6) is 3.16. The first-order chi connectivity index (χ1) is 10.9. The first-order valence-corrected chi connectivity index (χ1v) is 8.00. The van der Waals surface area contributed by atoms with Gasteiger partial charge in [0, 0.05) is 19.2 Å². The highest BCUT2D eigenvalue weighted by Gasteiger charge is 2.30. The molecule has 22 heavy (non-hydrogen) atoms. The van der Waals surface area contributed by atoms with Gasteiger partial charge in [-0.25, -0.2) is 0 Å². The van der Waals surface area contributed by atoms with Gasteiger partial charge in [0.25, 0.3) is 0 Å². The Kier molecular flexibility index (Phi) is 3.69. The Labute approximate surface area is 131 Å². The van der Waals surface area contributed by atoms with Crippen LogP contribution in [0, 0.1) is 11.8 Å². The number of nitrogens with one attached hydrogen (secondary N) is 1. The van der Waals surface area contributed by atoms with Crippen LogP contribution in [0.4, 0.5) is 5.69 Å². The molecule has 0 aliphatic carbocycles. The molecule has 0 radical (unpaired) electrons. The zero-order valence-corrected chi connectivity index (χ0v) is 12.6. The summed E-state index contributed by atoms with van der Waals surface area (Å²) in [7, 11) is 0. The number of para-hydroxylation sites is 1. The van der Waals surface area contributed by atoms with Crippen molar-refractivity contribution in [2.45, 2.75) is 6.42 Å². The van der Waals surface area contributed by atoms with Crippen molar-refractivity contribution in [3.05, 3.63) is 48.8 Å². The van der Waals surface area contributed by atoms with Crippen LogP contribution in [0.5, 0.6) is 11.5 Å². The third kappa shape index (κ3) is 2.92. The van der Waals surface area contributed by atoms with Crippen LogP contribution >= 0.6 is 0 Å². The molecule has 1 aromatic carbocycles. The van der Waals surface area contributed by atoms with Crippen LogP contribution in [0.25, 0.3) is 0 Å². The molecule has 0 spiro atoms. The molecule has 2 unspecified atom stereocenters. The molecule has 4 rings (SSSR count). The predicted octanol–water partition coefficient (Wildman–Crippen LogP) is 2.92. The molecule has 2 atom stereocenters. The van der Waals surface area contributed by atoms with Crippen LogP contribution in [-0.2, 0) is 0 Å². The van der Waals surface area contributed by atoms with Crippen molar-refractivity contribution in [3.8, 4) is 11.5 Å². The summed E-state index contributed by atoms with van der Waals surface area (Å²) in [5.41, 5.74) is 1.17. The Morgan fingerprint density at radius 2 is 1.77 bits per heavy atom. The maximum atomic E-state index is 5.90. The second kappa shape index (κ2) is 5.97. The van der Waals surface area contributed by atoms with Crippen molar-refractivity contribution in [2.75, 3.05) is 31.1 Å². The van der Waals surface area contributed by atoms with E-state index in [4.69, 9.17) is 4.74 Å². The SMILES string of the molecule is c1ccc(Oc2cncc(N3CC4CNCC(C4)C3)c2)cc1. The highest BCUT2D eigenvalue weighted by Crippen LogP contribution is 2.30. The lowest BCUT2D eigenvalue weighted by Crippen LogP contribution is -2.51. The van der Waals surface area contributed by atoms with Crippen molar-refractivity contribution < 1.29 is 4.74 Å². The topological polar surface area (TPSA) is 37.4 Å². The predicted molar refractivity (Wildman–Crippen MR) is 87.4 cm³/mol. The number of hydrogen-bond donors (Lipinski definition) is 1. The fraction of sp³-hybridized carbons (Fsp3) is 0.389. The average molecular weight is 295 g/mol. The summed E-state index contributed by atoms with van der Waals surface area (Å²) in [6, 6.07) is 12.0. The molecule has 3 heterocycles. The number of ether oxygens (including phenoxy) is 1. The first kappa shape index (κ1) is 13.6. The van der Waals surface area contributed by atoms with Crippen LogP contribution in [-0.4, -0.2) is 31.2 Å². The summed E-state index contributed by atoms with van der Waals surface area (Å²) >= 11 is 0. The Morgan fingerprint density at radius 3 is 2.55 bits per heavy atom. The lowest BCUT2D eigenvalue weighted by Gasteiger charge is -2.42. The van der Waals surface area contributed by atoms with Gasteiger partial charge in [0.05, 0.1) is 18.1 Å². The minimum absolute atomic E-state index is 0.756. The summed E-state index contributed by atoms with van der Waals surface area (Å²) in [5, 5.41) is 3.54. The van der Waals surface area contributed by atoms with Gasteiger partial charge in [-0.15, -0.1) is 0 Å². The number of fused-ring (bicyclic) bond motifs is 2. The lowest BCUT2D eigenvalue weighted by molar-refractivity contribution is 0.249. The van der Waals surface area contributed by atoms with Crippen LogP contribution in [0.3, 0.4) is 0 Å². The van der Waals surface area contributed by atoms with E-state index in [1.165, 1.54) is 12.1 Å². The fourth-order valence-corrected chi connectivity index (χ4v) is 3.58. The number of hydrogen-bond acceptors (Lipinski definition) is 4. The Bertz CT molecular complexity index is 619. The molecule has 2 aromatic rings. The summed E-state index contributed by atoms with van der Waals surface area (Å²) < 4.78 is 5.90. The van der Waals surface area contributed by atoms with Gasteiger partial charge >= 0.3 is 0 Å². The molecule has 2 saturated heterocycles. The minimum atomic E-state index is 0.756. The van der Waals surface area contributed by atoms with E-state index in [-0.39, 0.29) is 0 Å². The molecule has 1 aromatic heterocycles. The molecule has 4 heteroatoms. The fourth-order valence-electron chi connectivity index (χ4n) is 3.58. The minimum Gasteiger partial charge on any atom is -0.456 e. The number of rotatable bonds is 3. The van der Waals surface area contributed by atoms with Gasteiger partial charge < -0.3 is 15.0 Å². The van der Waals surface area contributed by atoms with E-state index in [1.807, 2.05) is 36.5 Å². The third-order valence-electron chi connectivity index (χ3n) is 4.53. The largest absolute Gasteiger partial charge is 0.456 e. The number of benzene rings is 1. The number of anilines is 1. The lowest BCUT2D eigenvalue weighted by atomic mass is 9.85. The van der Waals surface area contributed by atoms with Gasteiger partial charge in [0.15, 0.2) is 0 Å². The van der Waals surface area contributed by atoms with Crippen molar-refractivity contribution in [3.63, 3.8) is 0 Å². The van der Waals surface area contributed by atoms with E-state index in [1.54, 1.807) is 6.20 Å². The molecule has 2 fully saturated rings. The Hall–Kier alpha value is -2.07. The van der Waals surface area contributed by atoms with Gasteiger partial charge in [-0.3, -0.25) is 4.98 Å². The van der Waals surface area contributed by atoms with E-state index in [9.17, 15) is 0 Å². The van der Waals surface area contributed by atoms with Crippen LogP contribution in [0.1, 0.15) is 6.42 Å². The number of piperidine rings is 2. The van der Waals surface area contributed by atoms with Crippen LogP contribution in [0.15, 0.2) is 48.8 Å². The third-order valence-corrected chi connectivity index (χ3v) is 4.53. The molecular formula is C18H21N3O. The van der Waals surface area contributed by atoms with Crippen molar-refractivity contribution in [1.29, 1.82) is 0 Å². The normalized spacial score (nSPS) is 24.1. The van der Waals surface area contributed by atoms with Crippen molar-refractivity contribution >= 4 is 5.69 Å². The molecule has 0 amide bonds. The van der Waals surface area contributed by atoms with Crippen molar-refractivity contribution in [1.82, 2.24) is 10.3 Å². The second-order valence-electron chi connectivity index (χ2n) is 6.32. The number of pyridine rings is 1. The van der Waals surface area contributed by atoms with Crippen molar-refractivity contribution in [2.24, 2.45) is 11.8 Å². The van der Waals surface area contributed by atoms with E-state index >= 15 is 0 Å². The summed E-state index contributed by atoms with van der Waals surface area (Å²) in [4.78, 5) is 6.83. The van der Waals surface area contributed by atoms with Gasteiger partial charge in [-0.1, -0.05) is 18.2 Å². The molecule has 2 aliphatic heterocycles. The van der Waals surface area contributed by atoms with E-state index < -0.39 is 0 Å². The highest BCUT2D eigenvalue weighted by atomic mass is 16.5. The smallest absolute Gasteiger partial charge is 0.147 e.